The van der Waals surface area contributed by atoms with Crippen LogP contribution in [0, 0.1) is 0 Å². The van der Waals surface area contributed by atoms with Gasteiger partial charge in [-0.25, -0.2) is 9.97 Å². The van der Waals surface area contributed by atoms with E-state index in [1.807, 2.05) is 91.0 Å². The fourth-order valence-electron chi connectivity index (χ4n) is 5.14. The minimum Gasteiger partial charge on any atom is -0.355 e. The number of aromatic amines is 2. The summed E-state index contributed by atoms with van der Waals surface area (Å²) in [5.74, 6) is 0. The molecule has 0 radical (unpaired) electrons. The Kier molecular flexibility index (Phi) is 5.59. The molecule has 0 unspecified atom stereocenters. The topological polar surface area (TPSA) is 112 Å². The summed E-state index contributed by atoms with van der Waals surface area (Å²) in [5, 5.41) is 0. The molecule has 0 aliphatic carbocycles. The van der Waals surface area contributed by atoms with Crippen molar-refractivity contribution in [3.05, 3.63) is 120 Å². The van der Waals surface area contributed by atoms with Crippen LogP contribution in [0.15, 0.2) is 97.1 Å². The van der Waals surface area contributed by atoms with Crippen molar-refractivity contribution in [1.82, 2.24) is 19.9 Å². The van der Waals surface area contributed by atoms with E-state index in [0.29, 0.717) is 11.2 Å². The average molecular weight is 543 g/mol. The van der Waals surface area contributed by atoms with Crippen LogP contribution in [0.25, 0.3) is 67.5 Å². The normalized spacial score (nSPS) is 12.9. The first-order valence-corrected chi connectivity index (χ1v) is 14.1. The zero-order valence-electron chi connectivity index (χ0n) is 21.0. The van der Waals surface area contributed by atoms with Crippen molar-refractivity contribution in [2.75, 3.05) is 0 Å². The number of rotatable bonds is 3. The number of hydrogen-bond acceptors (Lipinski definition) is 4. The van der Waals surface area contributed by atoms with Gasteiger partial charge in [0, 0.05) is 33.2 Å². The average Bonchev–Trinajstić information content (AvgIpc) is 3.73. The first-order valence-electron chi connectivity index (χ1n) is 12.6. The van der Waals surface area contributed by atoms with Crippen molar-refractivity contribution in [3.8, 4) is 22.3 Å². The van der Waals surface area contributed by atoms with Crippen LogP contribution in [-0.4, -0.2) is 32.9 Å². The molecular formula is C32H22N4O3S. The number of benzene rings is 2. The number of nitrogens with zero attached hydrogens (tertiary/aromatic N) is 2. The molecule has 0 fully saturated rings. The number of H-pyrrole nitrogens is 2. The van der Waals surface area contributed by atoms with E-state index in [0.717, 1.165) is 50.2 Å². The monoisotopic (exact) mass is 542 g/mol. The van der Waals surface area contributed by atoms with Crippen LogP contribution in [0.1, 0.15) is 22.8 Å². The molecule has 5 heterocycles. The second-order valence-electron chi connectivity index (χ2n) is 9.58. The molecule has 0 saturated carbocycles. The third-order valence-electron chi connectivity index (χ3n) is 6.84. The summed E-state index contributed by atoms with van der Waals surface area (Å²) in [5.41, 5.74) is 9.07. The third-order valence-corrected chi connectivity index (χ3v) is 7.72. The SMILES string of the molecule is O=S(=O)(O)C1=Cc2cc3[nH]c(cc4nc(cc5ccc(cc1n2)[nH]5)C=C4)c(-c1ccccc1)c3-c1ccccc1. The van der Waals surface area contributed by atoms with Crippen molar-refractivity contribution in [3.63, 3.8) is 0 Å². The third kappa shape index (κ3) is 4.45. The van der Waals surface area contributed by atoms with Crippen LogP contribution < -0.4 is 0 Å². The zero-order chi connectivity index (χ0) is 27.3. The maximum Gasteiger partial charge on any atom is 0.296 e. The van der Waals surface area contributed by atoms with Gasteiger partial charge in [-0.2, -0.15) is 8.42 Å². The lowest BCUT2D eigenvalue weighted by Crippen LogP contribution is -1.98. The molecule has 8 heteroatoms. The van der Waals surface area contributed by atoms with Crippen LogP contribution in [0.3, 0.4) is 0 Å². The molecule has 2 aliphatic heterocycles. The van der Waals surface area contributed by atoms with Crippen molar-refractivity contribution in [2.24, 2.45) is 0 Å². The molecule has 5 aromatic rings. The molecule has 0 spiro atoms. The maximum atomic E-state index is 12.3. The Balaban J connectivity index is 1.66. The smallest absolute Gasteiger partial charge is 0.296 e. The van der Waals surface area contributed by atoms with E-state index in [2.05, 4.69) is 27.1 Å². The van der Waals surface area contributed by atoms with E-state index in [9.17, 15) is 13.0 Å². The number of fused-ring (bicyclic) bond motifs is 8. The Hall–Kier alpha value is -5.05. The van der Waals surface area contributed by atoms with Gasteiger partial charge in [-0.15, -0.1) is 0 Å². The van der Waals surface area contributed by atoms with E-state index in [1.54, 1.807) is 6.07 Å². The van der Waals surface area contributed by atoms with Crippen LogP contribution in [-0.2, 0) is 10.1 Å². The standard InChI is InChI=1S/C32H22N4O3S/c37-40(38,39)30-19-26-18-29-32(21-9-5-2-6-10-21)31(20-7-3-1-4-8-20)28(36-29)17-25-14-12-23(34-25)15-22-11-13-24(33-22)16-27(30)35-26/h1-19,33,36H,(H,37,38,39). The lowest BCUT2D eigenvalue weighted by atomic mass is 9.96. The van der Waals surface area contributed by atoms with Gasteiger partial charge in [0.05, 0.1) is 22.8 Å². The first kappa shape index (κ1) is 24.0. The highest BCUT2D eigenvalue weighted by Crippen LogP contribution is 2.40. The second kappa shape index (κ2) is 9.30. The van der Waals surface area contributed by atoms with E-state index < -0.39 is 10.1 Å². The Morgan fingerprint density at radius 3 is 1.75 bits per heavy atom. The van der Waals surface area contributed by atoms with Crippen LogP contribution in [0.5, 0.6) is 0 Å². The molecule has 3 N–H and O–H groups in total. The molecule has 2 aliphatic rings. The lowest BCUT2D eigenvalue weighted by Gasteiger charge is -2.06. The molecule has 7 rings (SSSR count). The van der Waals surface area contributed by atoms with Crippen molar-refractivity contribution < 1.29 is 13.0 Å². The Bertz CT molecular complexity index is 2130. The van der Waals surface area contributed by atoms with Gasteiger partial charge in [-0.05, 0) is 65.8 Å². The zero-order valence-corrected chi connectivity index (χ0v) is 21.9. The summed E-state index contributed by atoms with van der Waals surface area (Å²) >= 11 is 0. The van der Waals surface area contributed by atoms with Gasteiger partial charge >= 0.3 is 0 Å². The van der Waals surface area contributed by atoms with Gasteiger partial charge in [-0.1, -0.05) is 60.7 Å². The quantitative estimate of drug-likeness (QED) is 0.205. The molecule has 40 heavy (non-hydrogen) atoms. The summed E-state index contributed by atoms with van der Waals surface area (Å²) in [6, 6.07) is 31.1. The molecule has 0 saturated heterocycles. The predicted octanol–water partition coefficient (Wildman–Crippen LogP) is 7.21. The van der Waals surface area contributed by atoms with Crippen molar-refractivity contribution >= 4 is 55.3 Å². The highest BCUT2D eigenvalue weighted by molar-refractivity contribution is 7.95. The largest absolute Gasteiger partial charge is 0.355 e. The van der Waals surface area contributed by atoms with E-state index >= 15 is 0 Å². The Morgan fingerprint density at radius 2 is 1.15 bits per heavy atom. The highest BCUT2D eigenvalue weighted by Gasteiger charge is 2.23. The van der Waals surface area contributed by atoms with Crippen molar-refractivity contribution in [2.45, 2.75) is 0 Å². The molecule has 2 aromatic carbocycles. The molecule has 3 aromatic heterocycles. The summed E-state index contributed by atoms with van der Waals surface area (Å²) in [7, 11) is -4.52. The van der Waals surface area contributed by atoms with E-state index in [-0.39, 0.29) is 10.6 Å². The number of hydrogen-bond donors (Lipinski definition) is 3. The lowest BCUT2D eigenvalue weighted by molar-refractivity contribution is 0.496. The predicted molar refractivity (Wildman–Crippen MR) is 160 cm³/mol. The molecule has 8 bridgehead atoms. The number of nitrogens with one attached hydrogen (secondary N) is 2. The highest BCUT2D eigenvalue weighted by atomic mass is 32.2. The summed E-state index contributed by atoms with van der Waals surface area (Å²) in [4.78, 5) is 15.9. The van der Waals surface area contributed by atoms with E-state index in [1.165, 1.54) is 6.08 Å². The van der Waals surface area contributed by atoms with Gasteiger partial charge in [0.2, 0.25) is 0 Å². The fraction of sp³-hybridized carbons (Fsp3) is 0. The van der Waals surface area contributed by atoms with Crippen molar-refractivity contribution in [1.29, 1.82) is 0 Å². The molecular weight excluding hydrogens is 520 g/mol. The van der Waals surface area contributed by atoms with Crippen LogP contribution in [0.2, 0.25) is 0 Å². The number of aromatic nitrogens is 4. The first-order chi connectivity index (χ1) is 19.4. The van der Waals surface area contributed by atoms with Crippen LogP contribution in [0.4, 0.5) is 0 Å². The molecule has 194 valence electrons. The molecule has 7 nitrogen and oxygen atoms in total. The second-order valence-corrected chi connectivity index (χ2v) is 11.0. The summed E-state index contributed by atoms with van der Waals surface area (Å²) in [6.07, 6.45) is 5.32. The van der Waals surface area contributed by atoms with Gasteiger partial charge in [0.15, 0.2) is 0 Å². The Morgan fingerprint density at radius 1 is 0.600 bits per heavy atom. The van der Waals surface area contributed by atoms with Gasteiger partial charge in [0.25, 0.3) is 10.1 Å². The summed E-state index contributed by atoms with van der Waals surface area (Å²) in [6.45, 7) is 0. The Labute approximate surface area is 230 Å². The van der Waals surface area contributed by atoms with Crippen LogP contribution >= 0.6 is 0 Å². The van der Waals surface area contributed by atoms with Gasteiger partial charge < -0.3 is 9.97 Å². The minimum absolute atomic E-state index is 0.144. The minimum atomic E-state index is -4.52. The summed E-state index contributed by atoms with van der Waals surface area (Å²) < 4.78 is 34.6. The molecule has 0 amide bonds. The van der Waals surface area contributed by atoms with Gasteiger partial charge in [0.1, 0.15) is 4.91 Å². The maximum absolute atomic E-state index is 12.3. The molecule has 0 atom stereocenters. The van der Waals surface area contributed by atoms with E-state index in [4.69, 9.17) is 4.98 Å². The van der Waals surface area contributed by atoms with Gasteiger partial charge in [-0.3, -0.25) is 4.55 Å². The fourth-order valence-corrected chi connectivity index (χ4v) is 5.78.